The van der Waals surface area contributed by atoms with Crippen LogP contribution >= 0.6 is 11.3 Å². The van der Waals surface area contributed by atoms with E-state index in [1.54, 1.807) is 45.5 Å². The van der Waals surface area contributed by atoms with Crippen LogP contribution in [-0.4, -0.2) is 52.7 Å². The van der Waals surface area contributed by atoms with Gasteiger partial charge in [-0.15, -0.1) is 0 Å². The first kappa shape index (κ1) is 24.9. The molecule has 3 N–H and O–H groups in total. The highest BCUT2D eigenvalue weighted by atomic mass is 32.1. The van der Waals surface area contributed by atoms with Gasteiger partial charge >= 0.3 is 12.1 Å². The molecule has 0 bridgehead atoms. The molecule has 0 spiro atoms. The van der Waals surface area contributed by atoms with Gasteiger partial charge in [0, 0.05) is 26.2 Å². The van der Waals surface area contributed by atoms with E-state index in [0.717, 1.165) is 11.3 Å². The van der Waals surface area contributed by atoms with Gasteiger partial charge in [0.05, 0.1) is 18.5 Å². The van der Waals surface area contributed by atoms with Crippen molar-refractivity contribution in [1.29, 1.82) is 0 Å². The van der Waals surface area contributed by atoms with Crippen LogP contribution in [0.1, 0.15) is 53.0 Å². The molecular weight excluding hydrogens is 438 g/mol. The monoisotopic (exact) mass is 465 g/mol. The molecule has 0 saturated heterocycles. The summed E-state index contributed by atoms with van der Waals surface area (Å²) < 4.78 is 11.3. The van der Waals surface area contributed by atoms with Crippen LogP contribution in [0.25, 0.3) is 0 Å². The lowest BCUT2D eigenvalue weighted by Gasteiger charge is -2.19. The number of esters is 1. The number of carbonyl (C=O) groups is 4. The Morgan fingerprint density at radius 3 is 2.50 bits per heavy atom. The van der Waals surface area contributed by atoms with Crippen molar-refractivity contribution in [3.8, 4) is 0 Å². The predicted octanol–water partition coefficient (Wildman–Crippen LogP) is 2.68. The van der Waals surface area contributed by atoms with Gasteiger partial charge < -0.3 is 24.7 Å². The molecule has 0 aromatic carbocycles. The third-order valence-corrected chi connectivity index (χ3v) is 4.98. The number of alkyl carbamates (subject to hydrolysis) is 1. The lowest BCUT2D eigenvalue weighted by molar-refractivity contribution is -0.116. The number of aryl methyl sites for hydroxylation is 2. The highest BCUT2D eigenvalue weighted by Crippen LogP contribution is 2.24. The van der Waals surface area contributed by atoms with E-state index in [-0.39, 0.29) is 29.7 Å². The van der Waals surface area contributed by atoms with E-state index in [9.17, 15) is 19.2 Å². The smallest absolute Gasteiger partial charge is 0.407 e. The van der Waals surface area contributed by atoms with Gasteiger partial charge in [-0.05, 0) is 33.8 Å². The number of hydrogen-bond donors (Lipinski definition) is 3. The van der Waals surface area contributed by atoms with Gasteiger partial charge in [0.1, 0.15) is 16.2 Å². The third kappa shape index (κ3) is 7.08. The number of ether oxygens (including phenoxy) is 2. The van der Waals surface area contributed by atoms with Crippen LogP contribution in [0.15, 0.2) is 12.3 Å². The molecule has 0 aliphatic heterocycles. The molecule has 0 fully saturated rings. The van der Waals surface area contributed by atoms with E-state index < -0.39 is 23.6 Å². The number of amides is 3. The molecular formula is C20H27N5O6S. The fraction of sp³-hybridized carbons (Fsp3) is 0.450. The van der Waals surface area contributed by atoms with Crippen molar-refractivity contribution in [2.75, 3.05) is 24.3 Å². The van der Waals surface area contributed by atoms with E-state index in [4.69, 9.17) is 4.74 Å². The van der Waals surface area contributed by atoms with Gasteiger partial charge in [-0.1, -0.05) is 11.3 Å². The molecule has 0 saturated carbocycles. The van der Waals surface area contributed by atoms with Gasteiger partial charge in [0.2, 0.25) is 5.91 Å². The molecule has 174 valence electrons. The standard InChI is InChI=1S/C20H27N5O6S/c1-11-15(17(28)30-6)32-18(22-11)24-16(27)13-9-12(10-25(13)5)23-14(26)7-8-21-19(29)31-20(2,3)4/h9-10H,7-8H2,1-6H3,(H,21,29)(H,23,26)(H,22,24,27). The number of hydrogen-bond acceptors (Lipinski definition) is 8. The first-order valence-electron chi connectivity index (χ1n) is 9.69. The van der Waals surface area contributed by atoms with E-state index >= 15 is 0 Å². The minimum Gasteiger partial charge on any atom is -0.465 e. The van der Waals surface area contributed by atoms with Crippen molar-refractivity contribution in [1.82, 2.24) is 14.9 Å². The second kappa shape index (κ2) is 10.3. The minimum atomic E-state index is -0.619. The van der Waals surface area contributed by atoms with Crippen molar-refractivity contribution in [2.24, 2.45) is 7.05 Å². The maximum absolute atomic E-state index is 12.6. The summed E-state index contributed by atoms with van der Waals surface area (Å²) >= 11 is 1.01. The number of thiazole rings is 1. The summed E-state index contributed by atoms with van der Waals surface area (Å²) in [7, 11) is 2.93. The molecule has 2 aromatic rings. The Labute approximate surface area is 189 Å². The van der Waals surface area contributed by atoms with Gasteiger partial charge in [0.15, 0.2) is 5.13 Å². The number of anilines is 2. The van der Waals surface area contributed by atoms with Crippen LogP contribution in [0.4, 0.5) is 15.6 Å². The van der Waals surface area contributed by atoms with Crippen molar-refractivity contribution in [3.05, 3.63) is 28.5 Å². The maximum Gasteiger partial charge on any atom is 0.407 e. The fourth-order valence-corrected chi connectivity index (χ4v) is 3.45. The first-order valence-corrected chi connectivity index (χ1v) is 10.5. The van der Waals surface area contributed by atoms with Crippen molar-refractivity contribution < 1.29 is 28.7 Å². The van der Waals surface area contributed by atoms with Gasteiger partial charge in [0.25, 0.3) is 5.91 Å². The Hall–Kier alpha value is -3.41. The second-order valence-electron chi connectivity index (χ2n) is 7.83. The zero-order chi connectivity index (χ0) is 24.1. The van der Waals surface area contributed by atoms with E-state index in [1.165, 1.54) is 13.2 Å². The molecule has 0 aliphatic rings. The highest BCUT2D eigenvalue weighted by molar-refractivity contribution is 7.17. The molecule has 0 atom stereocenters. The van der Waals surface area contributed by atoms with Crippen molar-refractivity contribution >= 4 is 46.0 Å². The summed E-state index contributed by atoms with van der Waals surface area (Å²) in [6.07, 6.45) is 1.02. The van der Waals surface area contributed by atoms with E-state index in [0.29, 0.717) is 16.3 Å². The Morgan fingerprint density at radius 1 is 1.19 bits per heavy atom. The Morgan fingerprint density at radius 2 is 1.88 bits per heavy atom. The number of nitrogens with one attached hydrogen (secondary N) is 3. The fourth-order valence-electron chi connectivity index (χ4n) is 2.57. The lowest BCUT2D eigenvalue weighted by Crippen LogP contribution is -2.34. The Kier molecular flexibility index (Phi) is 7.97. The van der Waals surface area contributed by atoms with Crippen LogP contribution in [0, 0.1) is 6.92 Å². The largest absolute Gasteiger partial charge is 0.465 e. The Balaban J connectivity index is 1.92. The molecule has 0 aliphatic carbocycles. The summed E-state index contributed by atoms with van der Waals surface area (Å²) in [5.74, 6) is -1.31. The number of aromatic nitrogens is 2. The van der Waals surface area contributed by atoms with Crippen LogP contribution in [0.2, 0.25) is 0 Å². The van der Waals surface area contributed by atoms with Crippen molar-refractivity contribution in [2.45, 2.75) is 39.7 Å². The summed E-state index contributed by atoms with van der Waals surface area (Å²) in [6.45, 7) is 6.99. The molecule has 11 nitrogen and oxygen atoms in total. The zero-order valence-electron chi connectivity index (χ0n) is 18.8. The number of nitrogens with zero attached hydrogens (tertiary/aromatic N) is 2. The molecule has 2 heterocycles. The number of carbonyl (C=O) groups excluding carboxylic acids is 4. The van der Waals surface area contributed by atoms with Crippen molar-refractivity contribution in [3.63, 3.8) is 0 Å². The molecule has 0 unspecified atom stereocenters. The number of methoxy groups -OCH3 is 1. The predicted molar refractivity (Wildman–Crippen MR) is 119 cm³/mol. The SMILES string of the molecule is COC(=O)c1sc(NC(=O)c2cc(NC(=O)CCNC(=O)OC(C)(C)C)cn2C)nc1C. The van der Waals surface area contributed by atoms with E-state index in [2.05, 4.69) is 25.7 Å². The van der Waals surface area contributed by atoms with Crippen LogP contribution < -0.4 is 16.0 Å². The molecule has 12 heteroatoms. The third-order valence-electron chi connectivity index (χ3n) is 3.93. The first-order chi connectivity index (χ1) is 14.9. The number of rotatable bonds is 7. The molecule has 3 amide bonds. The molecule has 0 radical (unpaired) electrons. The maximum atomic E-state index is 12.6. The summed E-state index contributed by atoms with van der Waals surface area (Å²) in [4.78, 5) is 52.5. The highest BCUT2D eigenvalue weighted by Gasteiger charge is 2.20. The average molecular weight is 466 g/mol. The van der Waals surface area contributed by atoms with Gasteiger partial charge in [-0.25, -0.2) is 14.6 Å². The summed E-state index contributed by atoms with van der Waals surface area (Å²) in [5, 5.41) is 8.07. The normalized spacial score (nSPS) is 10.9. The molecule has 32 heavy (non-hydrogen) atoms. The summed E-state index contributed by atoms with van der Waals surface area (Å²) in [6, 6.07) is 1.51. The topological polar surface area (TPSA) is 141 Å². The van der Waals surface area contributed by atoms with Crippen LogP contribution in [-0.2, 0) is 21.3 Å². The van der Waals surface area contributed by atoms with E-state index in [1.807, 2.05) is 0 Å². The van der Waals surface area contributed by atoms with Crippen LogP contribution in [0.5, 0.6) is 0 Å². The lowest BCUT2D eigenvalue weighted by atomic mass is 10.2. The van der Waals surface area contributed by atoms with Gasteiger partial charge in [-0.3, -0.25) is 14.9 Å². The molecule has 2 aromatic heterocycles. The van der Waals surface area contributed by atoms with Gasteiger partial charge in [-0.2, -0.15) is 0 Å². The van der Waals surface area contributed by atoms with Crippen LogP contribution in [0.3, 0.4) is 0 Å². The minimum absolute atomic E-state index is 0.0321. The molecule has 2 rings (SSSR count). The quantitative estimate of drug-likeness (QED) is 0.534. The summed E-state index contributed by atoms with van der Waals surface area (Å²) in [5.41, 5.74) is 0.535. The average Bonchev–Trinajstić information content (AvgIpc) is 3.21. The second-order valence-corrected chi connectivity index (χ2v) is 8.83. The Bertz CT molecular complexity index is 1020. The zero-order valence-corrected chi connectivity index (χ0v) is 19.6.